The molecule has 0 bridgehead atoms. The summed E-state index contributed by atoms with van der Waals surface area (Å²) in [6.07, 6.45) is 0. The number of rotatable bonds is 2. The van der Waals surface area contributed by atoms with Crippen molar-refractivity contribution in [2.75, 3.05) is 79.3 Å². The number of thioether (sulfide) groups is 2. The van der Waals surface area contributed by atoms with Gasteiger partial charge in [-0.2, -0.15) is 0 Å². The standard InChI is InChI=1S/C38H32O12S6/c1-15-17-19(41-5-3-39-17)29(51-15)31-21-23(45-9-7-43-21)33(53-31)35-25-27(49-13-11-47-25)37(55-35)38-28-26(48-12-14-50-28)36(56-38)34-24-22(44-8-10-46-24)32(54-34)30-20-18(16(2)52-30)40-4-6-42-20/h31-32H,3-14H2,1-2H3/b35-33+,36-34+,38-37+. The van der Waals surface area contributed by atoms with Gasteiger partial charge in [0.15, 0.2) is 69.0 Å². The molecule has 0 saturated heterocycles. The van der Waals surface area contributed by atoms with Crippen molar-refractivity contribution in [3.63, 3.8) is 0 Å². The number of hydrogen-bond acceptors (Lipinski definition) is 18. The molecule has 8 aliphatic rings. The molecule has 292 valence electrons. The molecule has 56 heavy (non-hydrogen) atoms. The molecule has 0 radical (unpaired) electrons. The topological polar surface area (TPSA) is 111 Å². The summed E-state index contributed by atoms with van der Waals surface area (Å²) < 4.78 is 79.6. The fourth-order valence-corrected chi connectivity index (χ4v) is 15.8. The highest BCUT2D eigenvalue weighted by Gasteiger charge is 2.44. The van der Waals surface area contributed by atoms with Crippen LogP contribution in [0, 0.1) is 22.9 Å². The molecule has 12 rings (SSSR count). The van der Waals surface area contributed by atoms with Gasteiger partial charge < -0.3 is 56.8 Å². The number of ether oxygens (including phenoxy) is 12. The maximum absolute atomic E-state index is 6.48. The normalized spacial score (nSPS) is 25.5. The molecule has 2 atom stereocenters. The lowest BCUT2D eigenvalue weighted by molar-refractivity contribution is 0.0703. The maximum atomic E-state index is 6.48. The predicted molar refractivity (Wildman–Crippen MR) is 213 cm³/mol. The van der Waals surface area contributed by atoms with E-state index in [4.69, 9.17) is 56.8 Å². The van der Waals surface area contributed by atoms with Crippen LogP contribution < -0.4 is 47.0 Å². The van der Waals surface area contributed by atoms with Crippen molar-refractivity contribution in [2.45, 2.75) is 24.3 Å². The first-order chi connectivity index (χ1) is 27.6. The molecule has 12 nitrogen and oxygen atoms in total. The van der Waals surface area contributed by atoms with E-state index in [-0.39, 0.29) is 10.5 Å². The van der Waals surface area contributed by atoms with Crippen molar-refractivity contribution in [3.8, 4) is 46.0 Å². The van der Waals surface area contributed by atoms with E-state index in [0.717, 1.165) is 93.5 Å². The zero-order valence-electron chi connectivity index (χ0n) is 30.0. The summed E-state index contributed by atoms with van der Waals surface area (Å²) in [5, 5.41) is -0.312. The Morgan fingerprint density at radius 2 is 0.661 bits per heavy atom. The van der Waals surface area contributed by atoms with E-state index in [1.54, 1.807) is 68.9 Å². The van der Waals surface area contributed by atoms with E-state index in [9.17, 15) is 0 Å². The van der Waals surface area contributed by atoms with E-state index in [1.807, 2.05) is 0 Å². The number of fused-ring (bicyclic) bond motifs is 4. The molecule has 2 unspecified atom stereocenters. The van der Waals surface area contributed by atoms with Crippen LogP contribution in [0.15, 0.2) is 23.0 Å². The van der Waals surface area contributed by atoms with Crippen LogP contribution in [0.1, 0.15) is 30.0 Å². The smallest absolute Gasteiger partial charge is 0.181 e. The Morgan fingerprint density at radius 1 is 0.339 bits per heavy atom. The number of aryl methyl sites for hydroxylation is 2. The van der Waals surface area contributed by atoms with E-state index >= 15 is 0 Å². The van der Waals surface area contributed by atoms with Crippen LogP contribution >= 0.6 is 68.9 Å². The van der Waals surface area contributed by atoms with Crippen molar-refractivity contribution >= 4 is 78.7 Å². The van der Waals surface area contributed by atoms with Crippen LogP contribution in [-0.2, 0) is 18.9 Å². The molecule has 8 aliphatic heterocycles. The van der Waals surface area contributed by atoms with Gasteiger partial charge in [0.1, 0.15) is 89.8 Å². The van der Waals surface area contributed by atoms with Gasteiger partial charge in [-0.05, 0) is 13.8 Å². The minimum atomic E-state index is -0.156. The summed E-state index contributed by atoms with van der Waals surface area (Å²) in [6.45, 7) is 9.81. The quantitative estimate of drug-likeness (QED) is 0.215. The molecule has 0 fully saturated rings. The molecule has 0 N–H and O–H groups in total. The summed E-state index contributed by atoms with van der Waals surface area (Å²) in [4.78, 5) is 6.19. The van der Waals surface area contributed by atoms with Gasteiger partial charge in [-0.3, -0.25) is 0 Å². The van der Waals surface area contributed by atoms with Crippen LogP contribution in [0.5, 0.6) is 46.0 Å². The van der Waals surface area contributed by atoms with Crippen LogP contribution in [0.3, 0.4) is 0 Å². The van der Waals surface area contributed by atoms with Gasteiger partial charge in [-0.1, -0.05) is 0 Å². The summed E-state index contributed by atoms with van der Waals surface area (Å²) in [7, 11) is 0. The molecule has 0 amide bonds. The van der Waals surface area contributed by atoms with Gasteiger partial charge in [0.2, 0.25) is 0 Å². The fraction of sp³-hybridized carbons (Fsp3) is 0.421. The lowest BCUT2D eigenvalue weighted by Crippen LogP contribution is -2.19. The molecule has 12 heterocycles. The number of thiophene rings is 4. The molecular formula is C38H32O12S6. The lowest BCUT2D eigenvalue weighted by atomic mass is 10.2. The van der Waals surface area contributed by atoms with Gasteiger partial charge in [-0.25, -0.2) is 0 Å². The van der Waals surface area contributed by atoms with Crippen LogP contribution in [0.25, 0.3) is 9.81 Å². The van der Waals surface area contributed by atoms with Crippen molar-refractivity contribution in [3.05, 3.63) is 60.7 Å². The third kappa shape index (κ3) is 5.14. The Morgan fingerprint density at radius 3 is 1.07 bits per heavy atom. The van der Waals surface area contributed by atoms with Gasteiger partial charge in [0.05, 0.1) is 37.7 Å². The number of hydrogen-bond donors (Lipinski definition) is 0. The molecule has 0 aliphatic carbocycles. The average Bonchev–Trinajstić information content (AvgIpc) is 4.10. The Kier molecular flexibility index (Phi) is 8.25. The van der Waals surface area contributed by atoms with Crippen LogP contribution in [0.2, 0.25) is 0 Å². The highest BCUT2D eigenvalue weighted by molar-refractivity contribution is 8.09. The second-order valence-electron chi connectivity index (χ2n) is 13.4. The Balaban J connectivity index is 1.07. The van der Waals surface area contributed by atoms with E-state index in [0.29, 0.717) is 102 Å². The lowest BCUT2D eigenvalue weighted by Gasteiger charge is -2.21. The fourth-order valence-electron chi connectivity index (χ4n) is 7.80. The summed E-state index contributed by atoms with van der Waals surface area (Å²) in [5.41, 5.74) is 0. The predicted octanol–water partition coefficient (Wildman–Crippen LogP) is 6.63. The van der Waals surface area contributed by atoms with Gasteiger partial charge >= 0.3 is 0 Å². The van der Waals surface area contributed by atoms with Gasteiger partial charge in [0, 0.05) is 9.75 Å². The maximum Gasteiger partial charge on any atom is 0.181 e. The first-order valence-corrected chi connectivity index (χ1v) is 23.4. The first-order valence-electron chi connectivity index (χ1n) is 18.3. The minimum absolute atomic E-state index is 0.156. The highest BCUT2D eigenvalue weighted by Crippen LogP contribution is 2.62. The van der Waals surface area contributed by atoms with Crippen LogP contribution in [0.4, 0.5) is 0 Å². The van der Waals surface area contributed by atoms with Crippen molar-refractivity contribution < 1.29 is 56.8 Å². The molecule has 4 aromatic heterocycles. The second kappa shape index (κ2) is 13.4. The third-order valence-electron chi connectivity index (χ3n) is 10.1. The summed E-state index contributed by atoms with van der Waals surface area (Å²) >= 11 is 9.97. The molecule has 18 heteroatoms. The average molecular weight is 873 g/mol. The highest BCUT2D eigenvalue weighted by atomic mass is 32.2. The largest absolute Gasteiger partial charge is 0.489 e. The van der Waals surface area contributed by atoms with Crippen molar-refractivity contribution in [1.29, 1.82) is 0 Å². The summed E-state index contributed by atoms with van der Waals surface area (Å²) in [6, 6.07) is 0. The molecule has 0 spiro atoms. The summed E-state index contributed by atoms with van der Waals surface area (Å²) in [5.74, 6) is 9.07. The Labute approximate surface area is 343 Å². The monoisotopic (exact) mass is 872 g/mol. The van der Waals surface area contributed by atoms with E-state index < -0.39 is 0 Å². The first kappa shape index (κ1) is 34.4. The molecule has 0 aromatic carbocycles. The second-order valence-corrected chi connectivity index (χ2v) is 20.2. The van der Waals surface area contributed by atoms with Crippen molar-refractivity contribution in [2.24, 2.45) is 0 Å². The Hall–Kier alpha value is -3.68. The van der Waals surface area contributed by atoms with Gasteiger partial charge in [0.25, 0.3) is 0 Å². The third-order valence-corrected chi connectivity index (χ3v) is 18.0. The molecular weight excluding hydrogens is 841 g/mol. The molecule has 4 aromatic rings. The Bertz CT molecular complexity index is 2450. The van der Waals surface area contributed by atoms with Crippen LogP contribution in [-0.4, -0.2) is 79.3 Å². The van der Waals surface area contributed by atoms with Gasteiger partial charge in [-0.15, -0.1) is 68.9 Å². The zero-order valence-corrected chi connectivity index (χ0v) is 34.9. The molecule has 0 saturated carbocycles. The van der Waals surface area contributed by atoms with E-state index in [1.165, 1.54) is 0 Å². The van der Waals surface area contributed by atoms with Crippen molar-refractivity contribution in [1.82, 2.24) is 0 Å². The van der Waals surface area contributed by atoms with E-state index in [2.05, 4.69) is 13.8 Å². The zero-order chi connectivity index (χ0) is 37.1. The SMILES string of the molecule is Cc1sc(C2S/C(=c3/s/c(=c4/s/c(=C5/SC(c6sc(C)c7c6OCCO7)C6=C5OCCO6)c5c4OCCO5)c4c3OCCO4)C3=C2OCCO3)c2c1OCCO2. The minimum Gasteiger partial charge on any atom is -0.489 e.